The second-order valence-corrected chi connectivity index (χ2v) is 8.17. The molecule has 1 atom stereocenters. The van der Waals surface area contributed by atoms with Crippen molar-refractivity contribution in [2.24, 2.45) is 5.41 Å². The molecule has 0 amide bonds. The lowest BCUT2D eigenvalue weighted by molar-refractivity contribution is 0.125. The highest BCUT2D eigenvalue weighted by Gasteiger charge is 2.22. The van der Waals surface area contributed by atoms with E-state index in [-0.39, 0.29) is 27.4 Å². The minimum atomic E-state index is -3.87. The van der Waals surface area contributed by atoms with Crippen molar-refractivity contribution < 1.29 is 13.5 Å². The van der Waals surface area contributed by atoms with E-state index in [9.17, 15) is 13.5 Å². The molecule has 0 saturated carbocycles. The molecule has 21 heavy (non-hydrogen) atoms. The first-order valence-electron chi connectivity index (χ1n) is 6.42. The van der Waals surface area contributed by atoms with Crippen molar-refractivity contribution in [2.45, 2.75) is 38.2 Å². The zero-order valence-corrected chi connectivity index (χ0v) is 13.8. The molecule has 0 heterocycles. The molecule has 1 rings (SSSR count). The average Bonchev–Trinajstić information content (AvgIpc) is 2.35. The Kier molecular flexibility index (Phi) is 5.76. The predicted octanol–water partition coefficient (Wildman–Crippen LogP) is 2.29. The standard InChI is InChI=1S/C14H19ClN2O3S/c1-14(2,3)7-11(18)9-17-21(19,20)13-6-10(8-16)4-5-12(13)15/h4-6,11,17-18H,7,9H2,1-3H3. The fraction of sp³-hybridized carbons (Fsp3) is 0.500. The molecule has 0 fully saturated rings. The Balaban J connectivity index is 2.86. The Labute approximate surface area is 130 Å². The van der Waals surface area contributed by atoms with Crippen molar-refractivity contribution in [1.29, 1.82) is 5.26 Å². The highest BCUT2D eigenvalue weighted by atomic mass is 35.5. The minimum Gasteiger partial charge on any atom is -0.392 e. The van der Waals surface area contributed by atoms with Gasteiger partial charge in [0.1, 0.15) is 4.90 Å². The summed E-state index contributed by atoms with van der Waals surface area (Å²) in [6.07, 6.45) is -0.334. The summed E-state index contributed by atoms with van der Waals surface area (Å²) < 4.78 is 26.7. The van der Waals surface area contributed by atoms with Crippen LogP contribution in [0, 0.1) is 16.7 Å². The van der Waals surface area contributed by atoms with Crippen LogP contribution < -0.4 is 4.72 Å². The van der Waals surface area contributed by atoms with Crippen molar-refractivity contribution in [2.75, 3.05) is 6.54 Å². The summed E-state index contributed by atoms with van der Waals surface area (Å²) in [6, 6.07) is 5.87. The van der Waals surface area contributed by atoms with Crippen LogP contribution in [0.2, 0.25) is 5.02 Å². The molecule has 116 valence electrons. The molecule has 0 bridgehead atoms. The fourth-order valence-corrected chi connectivity index (χ4v) is 3.44. The summed E-state index contributed by atoms with van der Waals surface area (Å²) in [5, 5.41) is 18.7. The van der Waals surface area contributed by atoms with Gasteiger partial charge in [0, 0.05) is 6.54 Å². The van der Waals surface area contributed by atoms with Gasteiger partial charge in [-0.1, -0.05) is 32.4 Å². The van der Waals surface area contributed by atoms with Crippen molar-refractivity contribution >= 4 is 21.6 Å². The Bertz CT molecular complexity index is 645. The van der Waals surface area contributed by atoms with Crippen LogP contribution in [-0.4, -0.2) is 26.2 Å². The van der Waals surface area contributed by atoms with Crippen LogP contribution in [0.15, 0.2) is 23.1 Å². The maximum atomic E-state index is 12.2. The maximum Gasteiger partial charge on any atom is 0.242 e. The number of nitriles is 1. The van der Waals surface area contributed by atoms with Crippen molar-refractivity contribution in [3.63, 3.8) is 0 Å². The van der Waals surface area contributed by atoms with E-state index in [0.29, 0.717) is 6.42 Å². The number of hydrogen-bond acceptors (Lipinski definition) is 4. The van der Waals surface area contributed by atoms with Gasteiger partial charge in [0.2, 0.25) is 10.0 Å². The van der Waals surface area contributed by atoms with E-state index in [4.69, 9.17) is 16.9 Å². The molecule has 0 aliphatic heterocycles. The lowest BCUT2D eigenvalue weighted by Gasteiger charge is -2.22. The van der Waals surface area contributed by atoms with Gasteiger partial charge in [-0.25, -0.2) is 13.1 Å². The van der Waals surface area contributed by atoms with Crippen LogP contribution in [0.5, 0.6) is 0 Å². The van der Waals surface area contributed by atoms with E-state index in [1.54, 1.807) is 0 Å². The topological polar surface area (TPSA) is 90.2 Å². The Morgan fingerprint density at radius 3 is 2.57 bits per heavy atom. The van der Waals surface area contributed by atoms with E-state index in [1.165, 1.54) is 18.2 Å². The third kappa shape index (κ3) is 5.64. The largest absolute Gasteiger partial charge is 0.392 e. The van der Waals surface area contributed by atoms with Crippen LogP contribution in [0.4, 0.5) is 0 Å². The monoisotopic (exact) mass is 330 g/mol. The number of aliphatic hydroxyl groups is 1. The highest BCUT2D eigenvalue weighted by Crippen LogP contribution is 2.23. The van der Waals surface area contributed by atoms with Crippen molar-refractivity contribution in [3.05, 3.63) is 28.8 Å². The van der Waals surface area contributed by atoms with Gasteiger partial charge in [-0.2, -0.15) is 5.26 Å². The molecule has 2 N–H and O–H groups in total. The molecule has 1 aromatic carbocycles. The number of benzene rings is 1. The summed E-state index contributed by atoms with van der Waals surface area (Å²) in [5.41, 5.74) is 0.0958. The first kappa shape index (κ1) is 17.9. The van der Waals surface area contributed by atoms with Gasteiger partial charge in [-0.15, -0.1) is 0 Å². The number of aliphatic hydroxyl groups excluding tert-OH is 1. The second-order valence-electron chi connectivity index (χ2n) is 6.03. The van der Waals surface area contributed by atoms with E-state index in [0.717, 1.165) is 0 Å². The van der Waals surface area contributed by atoms with Crippen LogP contribution in [0.1, 0.15) is 32.8 Å². The van der Waals surface area contributed by atoms with Crippen LogP contribution in [0.25, 0.3) is 0 Å². The van der Waals surface area contributed by atoms with Gasteiger partial charge >= 0.3 is 0 Å². The normalized spacial score (nSPS) is 13.7. The highest BCUT2D eigenvalue weighted by molar-refractivity contribution is 7.89. The smallest absolute Gasteiger partial charge is 0.242 e. The molecule has 1 aromatic rings. The lowest BCUT2D eigenvalue weighted by atomic mass is 9.89. The zero-order chi connectivity index (χ0) is 16.3. The maximum absolute atomic E-state index is 12.2. The lowest BCUT2D eigenvalue weighted by Crippen LogP contribution is -2.34. The van der Waals surface area contributed by atoms with Crippen molar-refractivity contribution in [1.82, 2.24) is 4.72 Å². The SMILES string of the molecule is CC(C)(C)CC(O)CNS(=O)(=O)c1cc(C#N)ccc1Cl. The Hall–Kier alpha value is -1.13. The minimum absolute atomic E-state index is 0.0341. The third-order valence-corrected chi connectivity index (χ3v) is 4.61. The second kappa shape index (κ2) is 6.75. The molecule has 0 aromatic heterocycles. The molecular formula is C14H19ClN2O3S. The summed E-state index contributed by atoms with van der Waals surface area (Å²) >= 11 is 5.87. The summed E-state index contributed by atoms with van der Waals surface area (Å²) in [5.74, 6) is 0. The molecular weight excluding hydrogens is 312 g/mol. The fourth-order valence-electron chi connectivity index (χ4n) is 1.84. The molecule has 1 unspecified atom stereocenters. The van der Waals surface area contributed by atoms with Crippen LogP contribution >= 0.6 is 11.6 Å². The average molecular weight is 331 g/mol. The van der Waals surface area contributed by atoms with Gasteiger partial charge in [0.15, 0.2) is 0 Å². The number of halogens is 1. The number of sulfonamides is 1. The molecule has 0 radical (unpaired) electrons. The molecule has 0 aliphatic carbocycles. The van der Waals surface area contributed by atoms with Crippen LogP contribution in [-0.2, 0) is 10.0 Å². The Morgan fingerprint density at radius 1 is 1.43 bits per heavy atom. The molecule has 0 aliphatic rings. The molecule has 7 heteroatoms. The number of rotatable bonds is 5. The molecule has 5 nitrogen and oxygen atoms in total. The first-order chi connectivity index (χ1) is 9.55. The van der Waals surface area contributed by atoms with Gasteiger partial charge in [0.25, 0.3) is 0 Å². The Morgan fingerprint density at radius 2 is 2.05 bits per heavy atom. The summed E-state index contributed by atoms with van der Waals surface area (Å²) in [7, 11) is -3.87. The number of nitrogens with zero attached hydrogens (tertiary/aromatic N) is 1. The zero-order valence-electron chi connectivity index (χ0n) is 12.2. The molecule has 0 spiro atoms. The van der Waals surface area contributed by atoms with E-state index in [1.807, 2.05) is 26.8 Å². The summed E-state index contributed by atoms with van der Waals surface area (Å²) in [6.45, 7) is 5.76. The third-order valence-electron chi connectivity index (χ3n) is 2.71. The quantitative estimate of drug-likeness (QED) is 0.866. The van der Waals surface area contributed by atoms with Gasteiger partial charge in [-0.05, 0) is 30.0 Å². The van der Waals surface area contributed by atoms with Gasteiger partial charge < -0.3 is 5.11 Å². The summed E-state index contributed by atoms with van der Waals surface area (Å²) in [4.78, 5) is -0.161. The number of hydrogen-bond donors (Lipinski definition) is 2. The van der Waals surface area contributed by atoms with E-state index in [2.05, 4.69) is 4.72 Å². The van der Waals surface area contributed by atoms with Gasteiger partial charge in [0.05, 0.1) is 22.8 Å². The van der Waals surface area contributed by atoms with Crippen molar-refractivity contribution in [3.8, 4) is 6.07 Å². The number of nitrogens with one attached hydrogen (secondary N) is 1. The first-order valence-corrected chi connectivity index (χ1v) is 8.29. The van der Waals surface area contributed by atoms with Gasteiger partial charge in [-0.3, -0.25) is 0 Å². The predicted molar refractivity (Wildman–Crippen MR) is 81.4 cm³/mol. The molecule has 0 saturated heterocycles. The van der Waals surface area contributed by atoms with E-state index >= 15 is 0 Å². The van der Waals surface area contributed by atoms with E-state index < -0.39 is 16.1 Å². The van der Waals surface area contributed by atoms with Crippen LogP contribution in [0.3, 0.4) is 0 Å².